The highest BCUT2D eigenvalue weighted by molar-refractivity contribution is 14.1. The lowest BCUT2D eigenvalue weighted by Gasteiger charge is -2.34. The fraction of sp³-hybridized carbons (Fsp3) is 0.321. The predicted octanol–water partition coefficient (Wildman–Crippen LogP) is 5.73. The lowest BCUT2D eigenvalue weighted by Crippen LogP contribution is -2.45. The summed E-state index contributed by atoms with van der Waals surface area (Å²) in [4.78, 5) is 28.6. The van der Waals surface area contributed by atoms with E-state index in [9.17, 15) is 14.9 Å². The fourth-order valence-corrected chi connectivity index (χ4v) is 6.93. The second-order valence-corrected chi connectivity index (χ2v) is 11.9. The molecule has 5 rings (SSSR count). The number of nitriles is 1. The van der Waals surface area contributed by atoms with E-state index < -0.39 is 5.54 Å². The summed E-state index contributed by atoms with van der Waals surface area (Å²) in [5.41, 5.74) is 1.98. The minimum atomic E-state index is -0.841. The van der Waals surface area contributed by atoms with Gasteiger partial charge in [-0.25, -0.2) is 4.68 Å². The van der Waals surface area contributed by atoms with Crippen LogP contribution >= 0.6 is 45.8 Å². The molecule has 1 aromatic heterocycles. The van der Waals surface area contributed by atoms with Gasteiger partial charge in [-0.1, -0.05) is 54.4 Å². The van der Waals surface area contributed by atoms with Crippen molar-refractivity contribution in [3.8, 4) is 6.07 Å². The quantitative estimate of drug-likeness (QED) is 0.234. The number of benzene rings is 2. The Balaban J connectivity index is 1.63. The van der Waals surface area contributed by atoms with Crippen molar-refractivity contribution in [2.24, 2.45) is 5.92 Å². The highest BCUT2D eigenvalue weighted by Crippen LogP contribution is 2.52. The lowest BCUT2D eigenvalue weighted by atomic mass is 9.85. The Morgan fingerprint density at radius 2 is 1.90 bits per heavy atom. The summed E-state index contributed by atoms with van der Waals surface area (Å²) in [6.45, 7) is 4.00. The van der Waals surface area contributed by atoms with E-state index in [0.29, 0.717) is 61.3 Å². The predicted molar refractivity (Wildman–Crippen MR) is 155 cm³/mol. The molecule has 3 aromatic rings. The number of carbonyl (C=O) groups excluding carboxylic acids is 2. The number of rotatable bonds is 7. The number of carbonyl (C=O) groups is 2. The summed E-state index contributed by atoms with van der Waals surface area (Å²) in [7, 11) is 1.56. The van der Waals surface area contributed by atoms with Gasteiger partial charge in [0, 0.05) is 35.3 Å². The second-order valence-electron chi connectivity index (χ2n) is 10.0. The molecule has 1 saturated heterocycles. The summed E-state index contributed by atoms with van der Waals surface area (Å²) >= 11 is 14.7. The van der Waals surface area contributed by atoms with Gasteiger partial charge in [-0.15, -0.1) is 5.10 Å². The number of amides is 1. The Kier molecular flexibility index (Phi) is 7.48. The van der Waals surface area contributed by atoms with Gasteiger partial charge in [-0.2, -0.15) is 5.26 Å². The van der Waals surface area contributed by atoms with Crippen LogP contribution in [0.1, 0.15) is 53.5 Å². The van der Waals surface area contributed by atoms with Crippen molar-refractivity contribution in [1.82, 2.24) is 19.9 Å². The number of hydrogen-bond acceptors (Lipinski definition) is 6. The van der Waals surface area contributed by atoms with Crippen LogP contribution < -0.4 is 0 Å². The molecule has 0 bridgehead atoms. The van der Waals surface area contributed by atoms with E-state index in [1.807, 2.05) is 30.9 Å². The van der Waals surface area contributed by atoms with Crippen molar-refractivity contribution in [3.63, 3.8) is 0 Å². The minimum absolute atomic E-state index is 0.0786. The van der Waals surface area contributed by atoms with Gasteiger partial charge < -0.3 is 9.64 Å². The number of methoxy groups -OCH3 is 1. The molecule has 0 spiro atoms. The molecular weight excluding hydrogens is 652 g/mol. The van der Waals surface area contributed by atoms with Crippen molar-refractivity contribution < 1.29 is 14.3 Å². The molecule has 0 N–H and O–H groups in total. The Morgan fingerprint density at radius 1 is 1.23 bits per heavy atom. The Morgan fingerprint density at radius 3 is 2.49 bits per heavy atom. The molecular formula is C28H24Cl2IN5O3. The molecule has 1 fully saturated rings. The Labute approximate surface area is 249 Å². The van der Waals surface area contributed by atoms with Crippen LogP contribution in [0, 0.1) is 20.9 Å². The zero-order chi connectivity index (χ0) is 28.1. The average molecular weight is 676 g/mol. The molecule has 2 atom stereocenters. The first-order valence-corrected chi connectivity index (χ1v) is 14.1. The first-order valence-electron chi connectivity index (χ1n) is 12.3. The maximum Gasteiger partial charge on any atom is 0.258 e. The van der Waals surface area contributed by atoms with E-state index in [2.05, 4.69) is 39.0 Å². The number of ether oxygens (including phenoxy) is 1. The summed E-state index contributed by atoms with van der Waals surface area (Å²) in [5.74, 6) is 0.0288. The van der Waals surface area contributed by atoms with E-state index in [4.69, 9.17) is 27.9 Å². The van der Waals surface area contributed by atoms with Crippen molar-refractivity contribution in [2.75, 3.05) is 13.7 Å². The highest BCUT2D eigenvalue weighted by Gasteiger charge is 2.59. The van der Waals surface area contributed by atoms with Crippen LogP contribution in [0.3, 0.4) is 0 Å². The van der Waals surface area contributed by atoms with Gasteiger partial charge in [0.05, 0.1) is 30.4 Å². The molecule has 2 aliphatic heterocycles. The van der Waals surface area contributed by atoms with Crippen LogP contribution in [0.15, 0.2) is 48.2 Å². The molecule has 2 unspecified atom stereocenters. The lowest BCUT2D eigenvalue weighted by molar-refractivity contribution is -0.126. The normalized spacial score (nSPS) is 20.5. The van der Waals surface area contributed by atoms with Crippen molar-refractivity contribution in [2.45, 2.75) is 38.3 Å². The number of Topliss-reactive ketones (excluding diaryl/α,β-unsaturated/α-hetero) is 1. The molecule has 11 heteroatoms. The number of aromatic nitrogens is 3. The molecule has 2 aliphatic rings. The molecule has 3 heterocycles. The minimum Gasteiger partial charge on any atom is -0.498 e. The van der Waals surface area contributed by atoms with Crippen molar-refractivity contribution in [3.05, 3.63) is 84.4 Å². The van der Waals surface area contributed by atoms with E-state index >= 15 is 0 Å². The Hall–Kier alpha value is -2.94. The summed E-state index contributed by atoms with van der Waals surface area (Å²) < 4.78 is 8.41. The van der Waals surface area contributed by atoms with E-state index in [-0.39, 0.29) is 23.7 Å². The van der Waals surface area contributed by atoms with Crippen molar-refractivity contribution >= 4 is 63.1 Å². The van der Waals surface area contributed by atoms with Crippen LogP contribution in [-0.4, -0.2) is 50.8 Å². The SMILES string of the molecule is COC1=C(c2cc(Cl)cc(Cl)c2)C(=O)N2CC(n3nnc(C(=O)C(C)C)c3I)CC12Cc1ccc(C#N)cc1. The molecule has 0 radical (unpaired) electrons. The molecule has 200 valence electrons. The third-order valence-corrected chi connectivity index (χ3v) is 8.71. The largest absolute Gasteiger partial charge is 0.498 e. The van der Waals surface area contributed by atoms with Gasteiger partial charge in [0.2, 0.25) is 0 Å². The summed E-state index contributed by atoms with van der Waals surface area (Å²) in [6.07, 6.45) is 0.930. The topological polar surface area (TPSA) is 101 Å². The maximum atomic E-state index is 14.1. The molecule has 8 nitrogen and oxygen atoms in total. The maximum absolute atomic E-state index is 14.1. The number of halogens is 3. The molecule has 0 saturated carbocycles. The number of fused-ring (bicyclic) bond motifs is 1. The standard InChI is InChI=1S/C28H24Cl2IN5O3/c1-15(2)24(37)23-26(31)36(34-33-23)21-12-28(11-16-4-6-17(13-32)7-5-16)25(39-3)22(27(38)35(28)14-21)18-8-19(29)10-20(30)9-18/h4-10,15,21H,11-12,14H2,1-3H3. The highest BCUT2D eigenvalue weighted by atomic mass is 127. The van der Waals surface area contributed by atoms with E-state index in [1.54, 1.807) is 42.1 Å². The summed E-state index contributed by atoms with van der Waals surface area (Å²) in [6, 6.07) is 14.2. The molecule has 2 aromatic carbocycles. The molecule has 1 amide bonds. The Bertz CT molecular complexity index is 1540. The van der Waals surface area contributed by atoms with Gasteiger partial charge in [0.25, 0.3) is 5.91 Å². The second kappa shape index (κ2) is 10.6. The summed E-state index contributed by atoms with van der Waals surface area (Å²) in [5, 5.41) is 18.6. The van der Waals surface area contributed by atoms with Crippen LogP contribution in [0.4, 0.5) is 0 Å². The smallest absolute Gasteiger partial charge is 0.258 e. The van der Waals surface area contributed by atoms with Crippen molar-refractivity contribution in [1.29, 1.82) is 5.26 Å². The third kappa shape index (κ3) is 4.72. The van der Waals surface area contributed by atoms with Gasteiger partial charge in [-0.05, 0) is 64.0 Å². The number of ketones is 1. The van der Waals surface area contributed by atoms with Gasteiger partial charge in [0.15, 0.2) is 11.5 Å². The molecule has 39 heavy (non-hydrogen) atoms. The van der Waals surface area contributed by atoms with Gasteiger partial charge >= 0.3 is 0 Å². The first-order chi connectivity index (χ1) is 18.6. The number of hydrogen-bond donors (Lipinski definition) is 0. The number of nitrogens with zero attached hydrogens (tertiary/aromatic N) is 5. The van der Waals surface area contributed by atoms with Crippen LogP contribution in [-0.2, 0) is 16.0 Å². The monoisotopic (exact) mass is 675 g/mol. The van der Waals surface area contributed by atoms with E-state index in [0.717, 1.165) is 5.56 Å². The van der Waals surface area contributed by atoms with E-state index in [1.165, 1.54) is 0 Å². The fourth-order valence-electron chi connectivity index (χ4n) is 5.54. The van der Waals surface area contributed by atoms with Crippen LogP contribution in [0.5, 0.6) is 0 Å². The van der Waals surface area contributed by atoms with Crippen LogP contribution in [0.2, 0.25) is 10.0 Å². The first kappa shape index (κ1) is 27.6. The van der Waals surface area contributed by atoms with Gasteiger partial charge in [0.1, 0.15) is 15.0 Å². The van der Waals surface area contributed by atoms with Crippen LogP contribution in [0.25, 0.3) is 5.57 Å². The third-order valence-electron chi connectivity index (χ3n) is 7.27. The zero-order valence-corrected chi connectivity index (χ0v) is 25.1. The molecule has 0 aliphatic carbocycles. The zero-order valence-electron chi connectivity index (χ0n) is 21.4. The van der Waals surface area contributed by atoms with Gasteiger partial charge in [-0.3, -0.25) is 9.59 Å². The average Bonchev–Trinajstić information content (AvgIpc) is 3.52.